The number of carbonyl (C=O) groups excluding carboxylic acids is 1. The molecular formula is C10H16N4O3. The molecule has 1 aromatic rings. The summed E-state index contributed by atoms with van der Waals surface area (Å²) in [7, 11) is 0. The molecule has 2 rings (SSSR count). The zero-order chi connectivity index (χ0) is 11.9. The van der Waals surface area contributed by atoms with Crippen molar-refractivity contribution in [2.24, 2.45) is 0 Å². The second kappa shape index (κ2) is 6.31. The first-order valence-electron chi connectivity index (χ1n) is 5.67. The molecule has 1 amide bonds. The van der Waals surface area contributed by atoms with Crippen LogP contribution in [0.15, 0.2) is 6.33 Å². The van der Waals surface area contributed by atoms with Crippen molar-refractivity contribution < 1.29 is 14.3 Å². The van der Waals surface area contributed by atoms with Gasteiger partial charge in [0.05, 0.1) is 19.8 Å². The Hall–Kier alpha value is -1.47. The van der Waals surface area contributed by atoms with Gasteiger partial charge in [-0.3, -0.25) is 9.89 Å². The van der Waals surface area contributed by atoms with E-state index in [4.69, 9.17) is 9.47 Å². The van der Waals surface area contributed by atoms with Crippen LogP contribution in [0.2, 0.25) is 0 Å². The van der Waals surface area contributed by atoms with Crippen molar-refractivity contribution in [2.75, 3.05) is 26.4 Å². The van der Waals surface area contributed by atoms with Crippen molar-refractivity contribution in [3.8, 4) is 0 Å². The van der Waals surface area contributed by atoms with Gasteiger partial charge in [0.15, 0.2) is 6.10 Å². The Labute approximate surface area is 98.9 Å². The number of nitrogens with one attached hydrogen (secondary N) is 2. The number of hydrogen-bond acceptors (Lipinski definition) is 5. The third-order valence-corrected chi connectivity index (χ3v) is 2.46. The first-order valence-corrected chi connectivity index (χ1v) is 5.67. The predicted octanol–water partition coefficient (Wildman–Crippen LogP) is -0.731. The quantitative estimate of drug-likeness (QED) is 0.662. The lowest BCUT2D eigenvalue weighted by Gasteiger charge is -2.21. The zero-order valence-corrected chi connectivity index (χ0v) is 9.52. The van der Waals surface area contributed by atoms with E-state index in [1.807, 2.05) is 0 Å². The van der Waals surface area contributed by atoms with Crippen LogP contribution in [0, 0.1) is 0 Å². The molecule has 94 valence electrons. The number of rotatable bonds is 5. The SMILES string of the molecule is O=C(NCCCc1ncn[nH]1)C1COCCO1. The van der Waals surface area contributed by atoms with Crippen LogP contribution < -0.4 is 5.32 Å². The second-order valence-electron chi connectivity index (χ2n) is 3.76. The summed E-state index contributed by atoms with van der Waals surface area (Å²) in [5, 5.41) is 9.33. The fraction of sp³-hybridized carbons (Fsp3) is 0.700. The number of aryl methyl sites for hydroxylation is 1. The Morgan fingerprint density at radius 2 is 2.53 bits per heavy atom. The number of aromatic amines is 1. The molecule has 0 spiro atoms. The largest absolute Gasteiger partial charge is 0.376 e. The van der Waals surface area contributed by atoms with E-state index < -0.39 is 6.10 Å². The Balaban J connectivity index is 1.59. The molecule has 1 atom stereocenters. The summed E-state index contributed by atoms with van der Waals surface area (Å²) in [6.45, 7) is 1.98. The van der Waals surface area contributed by atoms with Gasteiger partial charge in [-0.15, -0.1) is 0 Å². The van der Waals surface area contributed by atoms with Crippen molar-refractivity contribution in [3.05, 3.63) is 12.2 Å². The monoisotopic (exact) mass is 240 g/mol. The van der Waals surface area contributed by atoms with E-state index in [2.05, 4.69) is 20.5 Å². The fourth-order valence-corrected chi connectivity index (χ4v) is 1.57. The van der Waals surface area contributed by atoms with Crippen molar-refractivity contribution in [1.82, 2.24) is 20.5 Å². The highest BCUT2D eigenvalue weighted by Gasteiger charge is 2.21. The maximum absolute atomic E-state index is 11.6. The summed E-state index contributed by atoms with van der Waals surface area (Å²) in [5.41, 5.74) is 0. The lowest BCUT2D eigenvalue weighted by molar-refractivity contribution is -0.147. The van der Waals surface area contributed by atoms with Crippen LogP contribution in [0.5, 0.6) is 0 Å². The molecule has 0 bridgehead atoms. The van der Waals surface area contributed by atoms with Gasteiger partial charge < -0.3 is 14.8 Å². The van der Waals surface area contributed by atoms with E-state index in [1.54, 1.807) is 0 Å². The first-order chi connectivity index (χ1) is 8.36. The number of nitrogens with zero attached hydrogens (tertiary/aromatic N) is 2. The lowest BCUT2D eigenvalue weighted by Crippen LogP contribution is -2.43. The Kier molecular flexibility index (Phi) is 4.45. The van der Waals surface area contributed by atoms with E-state index in [0.29, 0.717) is 26.4 Å². The number of hydrogen-bond donors (Lipinski definition) is 2. The first kappa shape index (κ1) is 12.0. The molecule has 2 N–H and O–H groups in total. The average molecular weight is 240 g/mol. The molecule has 1 aliphatic heterocycles. The van der Waals surface area contributed by atoms with Crippen molar-refractivity contribution in [3.63, 3.8) is 0 Å². The fourth-order valence-electron chi connectivity index (χ4n) is 1.57. The number of carbonyl (C=O) groups is 1. The Bertz CT molecular complexity index is 335. The van der Waals surface area contributed by atoms with Crippen molar-refractivity contribution in [1.29, 1.82) is 0 Å². The Morgan fingerprint density at radius 1 is 1.59 bits per heavy atom. The van der Waals surface area contributed by atoms with E-state index in [9.17, 15) is 4.79 Å². The molecule has 7 nitrogen and oxygen atoms in total. The van der Waals surface area contributed by atoms with Gasteiger partial charge in [0.25, 0.3) is 5.91 Å². The molecule has 1 fully saturated rings. The standard InChI is InChI=1S/C10H16N4O3/c15-10(8-6-16-4-5-17-8)11-3-1-2-9-12-7-13-14-9/h7-8H,1-6H2,(H,11,15)(H,12,13,14). The van der Waals surface area contributed by atoms with Crippen LogP contribution in [0.4, 0.5) is 0 Å². The molecule has 7 heteroatoms. The summed E-state index contributed by atoms with van der Waals surface area (Å²) >= 11 is 0. The maximum atomic E-state index is 11.6. The van der Waals surface area contributed by atoms with Crippen LogP contribution in [0.25, 0.3) is 0 Å². The van der Waals surface area contributed by atoms with Crippen molar-refractivity contribution >= 4 is 5.91 Å². The predicted molar refractivity (Wildman–Crippen MR) is 58.3 cm³/mol. The van der Waals surface area contributed by atoms with Gasteiger partial charge >= 0.3 is 0 Å². The van der Waals surface area contributed by atoms with Gasteiger partial charge in [0, 0.05) is 13.0 Å². The summed E-state index contributed by atoms with van der Waals surface area (Å²) in [6, 6.07) is 0. The molecule has 0 aromatic carbocycles. The minimum Gasteiger partial charge on any atom is -0.376 e. The van der Waals surface area contributed by atoms with E-state index in [1.165, 1.54) is 6.33 Å². The molecule has 2 heterocycles. The normalized spacial score (nSPS) is 20.1. The van der Waals surface area contributed by atoms with Gasteiger partial charge in [-0.2, -0.15) is 5.10 Å². The summed E-state index contributed by atoms with van der Waals surface area (Å²) in [6.07, 6.45) is 2.59. The highest BCUT2D eigenvalue weighted by Crippen LogP contribution is 2.00. The third-order valence-electron chi connectivity index (χ3n) is 2.46. The minimum absolute atomic E-state index is 0.109. The molecule has 1 aromatic heterocycles. The zero-order valence-electron chi connectivity index (χ0n) is 9.52. The summed E-state index contributed by atoms with van der Waals surface area (Å²) in [5.74, 6) is 0.721. The van der Waals surface area contributed by atoms with Gasteiger partial charge in [0.1, 0.15) is 12.2 Å². The molecule has 1 aliphatic rings. The van der Waals surface area contributed by atoms with Crippen LogP contribution in [0.1, 0.15) is 12.2 Å². The molecule has 0 aliphatic carbocycles. The Morgan fingerprint density at radius 3 is 3.24 bits per heavy atom. The topological polar surface area (TPSA) is 89.1 Å². The van der Waals surface area contributed by atoms with Crippen LogP contribution in [-0.4, -0.2) is 53.6 Å². The van der Waals surface area contributed by atoms with E-state index >= 15 is 0 Å². The highest BCUT2D eigenvalue weighted by molar-refractivity contribution is 5.80. The number of H-pyrrole nitrogens is 1. The minimum atomic E-state index is -0.464. The second-order valence-corrected chi connectivity index (χ2v) is 3.76. The smallest absolute Gasteiger partial charge is 0.251 e. The van der Waals surface area contributed by atoms with Gasteiger partial charge in [0.2, 0.25) is 0 Å². The molecule has 1 unspecified atom stereocenters. The maximum Gasteiger partial charge on any atom is 0.251 e. The molecule has 0 radical (unpaired) electrons. The van der Waals surface area contributed by atoms with Gasteiger partial charge in [-0.1, -0.05) is 0 Å². The van der Waals surface area contributed by atoms with Gasteiger partial charge in [-0.05, 0) is 6.42 Å². The number of ether oxygens (including phenoxy) is 2. The average Bonchev–Trinajstić information content (AvgIpc) is 2.88. The summed E-state index contributed by atoms with van der Waals surface area (Å²) in [4.78, 5) is 15.6. The molecule has 17 heavy (non-hydrogen) atoms. The van der Waals surface area contributed by atoms with Crippen molar-refractivity contribution in [2.45, 2.75) is 18.9 Å². The molecule has 1 saturated heterocycles. The van der Waals surface area contributed by atoms with Gasteiger partial charge in [-0.25, -0.2) is 4.98 Å². The van der Waals surface area contributed by atoms with E-state index in [-0.39, 0.29) is 5.91 Å². The molecule has 0 saturated carbocycles. The number of aromatic nitrogens is 3. The van der Waals surface area contributed by atoms with Crippen LogP contribution >= 0.6 is 0 Å². The lowest BCUT2D eigenvalue weighted by atomic mass is 10.2. The van der Waals surface area contributed by atoms with E-state index in [0.717, 1.165) is 18.7 Å². The molecular weight excluding hydrogens is 224 g/mol. The number of amides is 1. The third kappa shape index (κ3) is 3.79. The van der Waals surface area contributed by atoms with Crippen LogP contribution in [0.3, 0.4) is 0 Å². The summed E-state index contributed by atoms with van der Waals surface area (Å²) < 4.78 is 10.4. The highest BCUT2D eigenvalue weighted by atomic mass is 16.6. The van der Waals surface area contributed by atoms with Crippen LogP contribution in [-0.2, 0) is 20.7 Å².